The molecule has 130 valence electrons. The van der Waals surface area contributed by atoms with E-state index in [-0.39, 0.29) is 22.2 Å². The van der Waals surface area contributed by atoms with Crippen molar-refractivity contribution in [3.8, 4) is 5.75 Å². The van der Waals surface area contributed by atoms with Crippen molar-refractivity contribution < 1.29 is 22.7 Å². The summed E-state index contributed by atoms with van der Waals surface area (Å²) in [6.07, 6.45) is -4.89. The molecule has 0 saturated heterocycles. The standard InChI is InChI=1S/C12H12ClF3N6O2/c1-21(2)9-7(24-12(14,15)16)5-4-6(8(9)13)10(23)17-11-18-19-20-22(11)3/h4-5H,1-3H3,(H,17,18,20,23). The first-order chi connectivity index (χ1) is 11.1. The zero-order valence-electron chi connectivity index (χ0n) is 12.7. The number of amides is 1. The molecule has 1 N–H and O–H groups in total. The minimum atomic E-state index is -4.89. The summed E-state index contributed by atoms with van der Waals surface area (Å²) >= 11 is 6.10. The van der Waals surface area contributed by atoms with Crippen molar-refractivity contribution in [2.45, 2.75) is 6.36 Å². The lowest BCUT2D eigenvalue weighted by atomic mass is 10.1. The molecule has 12 heteroatoms. The Kier molecular flexibility index (Phi) is 4.83. The fourth-order valence-corrected chi connectivity index (χ4v) is 2.26. The van der Waals surface area contributed by atoms with Crippen molar-refractivity contribution in [3.05, 3.63) is 22.7 Å². The molecule has 1 aromatic carbocycles. The maximum Gasteiger partial charge on any atom is 0.573 e. The number of carbonyl (C=O) groups is 1. The van der Waals surface area contributed by atoms with Gasteiger partial charge in [-0.25, -0.2) is 4.68 Å². The van der Waals surface area contributed by atoms with Crippen molar-refractivity contribution in [1.29, 1.82) is 0 Å². The van der Waals surface area contributed by atoms with Crippen LogP contribution in [0.5, 0.6) is 5.75 Å². The molecule has 0 radical (unpaired) electrons. The van der Waals surface area contributed by atoms with Crippen molar-refractivity contribution in [3.63, 3.8) is 0 Å². The van der Waals surface area contributed by atoms with Crippen molar-refractivity contribution in [2.24, 2.45) is 7.05 Å². The summed E-state index contributed by atoms with van der Waals surface area (Å²) in [5.41, 5.74) is -0.143. The molecule has 0 fully saturated rings. The molecular weight excluding hydrogens is 353 g/mol. The van der Waals surface area contributed by atoms with E-state index < -0.39 is 18.0 Å². The lowest BCUT2D eigenvalue weighted by Crippen LogP contribution is -2.22. The molecular formula is C12H12ClF3N6O2. The Balaban J connectivity index is 2.40. The van der Waals surface area contributed by atoms with E-state index >= 15 is 0 Å². The zero-order chi connectivity index (χ0) is 18.1. The van der Waals surface area contributed by atoms with Crippen LogP contribution in [0.25, 0.3) is 0 Å². The number of nitrogens with one attached hydrogen (secondary N) is 1. The average Bonchev–Trinajstić information content (AvgIpc) is 2.82. The van der Waals surface area contributed by atoms with E-state index in [2.05, 4.69) is 25.6 Å². The highest BCUT2D eigenvalue weighted by atomic mass is 35.5. The van der Waals surface area contributed by atoms with Gasteiger partial charge in [-0.15, -0.1) is 13.2 Å². The normalized spacial score (nSPS) is 11.3. The largest absolute Gasteiger partial charge is 0.573 e. The first-order valence-corrected chi connectivity index (χ1v) is 6.77. The van der Waals surface area contributed by atoms with E-state index in [9.17, 15) is 18.0 Å². The summed E-state index contributed by atoms with van der Waals surface area (Å²) in [5, 5.41) is 12.7. The lowest BCUT2D eigenvalue weighted by Gasteiger charge is -2.21. The number of hydrogen-bond acceptors (Lipinski definition) is 6. The highest BCUT2D eigenvalue weighted by molar-refractivity contribution is 6.37. The molecule has 2 rings (SSSR count). The number of nitrogens with zero attached hydrogens (tertiary/aromatic N) is 5. The predicted molar refractivity (Wildman–Crippen MR) is 79.2 cm³/mol. The predicted octanol–water partition coefficient (Wildman–Crippen LogP) is 2.08. The van der Waals surface area contributed by atoms with E-state index in [1.54, 1.807) is 0 Å². The molecule has 0 aliphatic heterocycles. The quantitative estimate of drug-likeness (QED) is 0.894. The number of aryl methyl sites for hydroxylation is 1. The van der Waals surface area contributed by atoms with Crippen LogP contribution in [0.1, 0.15) is 10.4 Å². The second-order valence-electron chi connectivity index (χ2n) is 4.80. The number of halogens is 4. The summed E-state index contributed by atoms with van der Waals surface area (Å²) in [7, 11) is 4.44. The topological polar surface area (TPSA) is 85.2 Å². The van der Waals surface area contributed by atoms with Gasteiger partial charge in [0.25, 0.3) is 5.91 Å². The number of alkyl halides is 3. The van der Waals surface area contributed by atoms with Crippen LogP contribution >= 0.6 is 11.6 Å². The molecule has 0 atom stereocenters. The molecule has 8 nitrogen and oxygen atoms in total. The van der Waals surface area contributed by atoms with E-state index in [1.165, 1.54) is 30.7 Å². The second kappa shape index (κ2) is 6.51. The molecule has 1 heterocycles. The molecule has 0 aliphatic carbocycles. The number of hydrogen-bond donors (Lipinski definition) is 1. The first-order valence-electron chi connectivity index (χ1n) is 6.39. The molecule has 0 bridgehead atoms. The van der Waals surface area contributed by atoms with Crippen LogP contribution in [-0.2, 0) is 7.05 Å². The third-order valence-corrected chi connectivity index (χ3v) is 3.22. The van der Waals surface area contributed by atoms with E-state index in [0.717, 1.165) is 12.1 Å². The molecule has 0 spiro atoms. The van der Waals surface area contributed by atoms with Crippen LogP contribution < -0.4 is 15.0 Å². The Bertz CT molecular complexity index is 762. The monoisotopic (exact) mass is 364 g/mol. The smallest absolute Gasteiger partial charge is 0.404 e. The Morgan fingerprint density at radius 2 is 2.04 bits per heavy atom. The van der Waals surface area contributed by atoms with Gasteiger partial charge in [0.15, 0.2) is 5.75 Å². The van der Waals surface area contributed by atoms with Crippen LogP contribution in [0.2, 0.25) is 5.02 Å². The Morgan fingerprint density at radius 3 is 2.54 bits per heavy atom. The van der Waals surface area contributed by atoms with Crippen molar-refractivity contribution in [2.75, 3.05) is 24.3 Å². The van der Waals surface area contributed by atoms with Gasteiger partial charge in [-0.3, -0.25) is 10.1 Å². The molecule has 0 aliphatic rings. The SMILES string of the molecule is CN(C)c1c(OC(F)(F)F)ccc(C(=O)Nc2nnnn2C)c1Cl. The zero-order valence-corrected chi connectivity index (χ0v) is 13.5. The summed E-state index contributed by atoms with van der Waals surface area (Å²) in [4.78, 5) is 13.6. The van der Waals surface area contributed by atoms with E-state index in [0.29, 0.717) is 0 Å². The second-order valence-corrected chi connectivity index (χ2v) is 5.17. The summed E-state index contributed by atoms with van der Waals surface area (Å²) < 4.78 is 42.6. The minimum absolute atomic E-state index is 0.0538. The van der Waals surface area contributed by atoms with Gasteiger partial charge >= 0.3 is 6.36 Å². The summed E-state index contributed by atoms with van der Waals surface area (Å²) in [5.74, 6) is -1.15. The Morgan fingerprint density at radius 1 is 1.38 bits per heavy atom. The molecule has 1 aromatic heterocycles. The van der Waals surface area contributed by atoms with Gasteiger partial charge < -0.3 is 9.64 Å². The van der Waals surface area contributed by atoms with Crippen LogP contribution in [0, 0.1) is 0 Å². The number of rotatable bonds is 4. The summed E-state index contributed by atoms with van der Waals surface area (Å²) in [6.45, 7) is 0. The third kappa shape index (κ3) is 3.85. The highest BCUT2D eigenvalue weighted by Gasteiger charge is 2.33. The number of ether oxygens (including phenoxy) is 1. The molecule has 24 heavy (non-hydrogen) atoms. The fraction of sp³-hybridized carbons (Fsp3) is 0.333. The lowest BCUT2D eigenvalue weighted by molar-refractivity contribution is -0.274. The number of tetrazole rings is 1. The molecule has 0 saturated carbocycles. The number of carbonyl (C=O) groups excluding carboxylic acids is 1. The van der Waals surface area contributed by atoms with E-state index in [4.69, 9.17) is 11.6 Å². The van der Waals surface area contributed by atoms with Crippen LogP contribution in [0.15, 0.2) is 12.1 Å². The number of anilines is 2. The molecule has 0 unspecified atom stereocenters. The molecule has 2 aromatic rings. The third-order valence-electron chi connectivity index (χ3n) is 2.84. The van der Waals surface area contributed by atoms with Crippen LogP contribution in [-0.4, -0.2) is 46.6 Å². The van der Waals surface area contributed by atoms with Gasteiger partial charge in [0.2, 0.25) is 5.95 Å². The van der Waals surface area contributed by atoms with E-state index in [1.807, 2.05) is 0 Å². The van der Waals surface area contributed by atoms with Crippen molar-refractivity contribution in [1.82, 2.24) is 20.2 Å². The maximum absolute atomic E-state index is 12.5. The minimum Gasteiger partial charge on any atom is -0.404 e. The number of benzene rings is 1. The van der Waals surface area contributed by atoms with Crippen LogP contribution in [0.3, 0.4) is 0 Å². The maximum atomic E-state index is 12.5. The van der Waals surface area contributed by atoms with Gasteiger partial charge in [0, 0.05) is 21.1 Å². The van der Waals surface area contributed by atoms with Gasteiger partial charge in [0.1, 0.15) is 0 Å². The van der Waals surface area contributed by atoms with Crippen LogP contribution in [0.4, 0.5) is 24.8 Å². The Labute approximate surface area is 139 Å². The average molecular weight is 365 g/mol. The van der Waals surface area contributed by atoms with Gasteiger partial charge in [0.05, 0.1) is 16.3 Å². The highest BCUT2D eigenvalue weighted by Crippen LogP contribution is 2.39. The van der Waals surface area contributed by atoms with Gasteiger partial charge in [-0.1, -0.05) is 16.7 Å². The summed E-state index contributed by atoms with van der Waals surface area (Å²) in [6, 6.07) is 2.13. The number of aromatic nitrogens is 4. The van der Waals surface area contributed by atoms with Crippen molar-refractivity contribution >= 4 is 29.1 Å². The Hall–Kier alpha value is -2.56. The van der Waals surface area contributed by atoms with Gasteiger partial charge in [-0.2, -0.15) is 0 Å². The molecule has 1 amide bonds. The van der Waals surface area contributed by atoms with Gasteiger partial charge in [-0.05, 0) is 22.6 Å². The fourth-order valence-electron chi connectivity index (χ4n) is 1.85. The first kappa shape index (κ1) is 17.8.